The van der Waals surface area contributed by atoms with Gasteiger partial charge in [-0.2, -0.15) is 0 Å². The Balaban J connectivity index is 2.52. The van der Waals surface area contributed by atoms with E-state index in [1.807, 2.05) is 0 Å². The van der Waals surface area contributed by atoms with E-state index in [2.05, 4.69) is 4.98 Å². The van der Waals surface area contributed by atoms with Crippen LogP contribution in [0.25, 0.3) is 4.96 Å². The van der Waals surface area contributed by atoms with Gasteiger partial charge < -0.3 is 15.7 Å². The number of carbonyl (C=O) groups is 2. The summed E-state index contributed by atoms with van der Waals surface area (Å²) in [6.45, 7) is -0.0783. The van der Waals surface area contributed by atoms with Crippen LogP contribution in [0.1, 0.15) is 10.5 Å². The third kappa shape index (κ3) is 1.94. The molecule has 0 atom stereocenters. The van der Waals surface area contributed by atoms with Gasteiger partial charge in [0.2, 0.25) is 5.91 Å². The number of fused-ring (bicyclic) bond motifs is 1. The molecule has 0 bridgehead atoms. The number of likely N-dealkylation sites (N-methyl/N-ethyl adjacent to an activating group) is 1. The number of aromatic nitrogens is 2. The Hall–Kier alpha value is -2.09. The first-order valence-electron chi connectivity index (χ1n) is 4.69. The van der Waals surface area contributed by atoms with Crippen LogP contribution < -0.4 is 10.6 Å². The van der Waals surface area contributed by atoms with Crippen molar-refractivity contribution in [3.63, 3.8) is 0 Å². The molecule has 0 aromatic carbocycles. The lowest BCUT2D eigenvalue weighted by atomic mass is 10.4. The van der Waals surface area contributed by atoms with Gasteiger partial charge in [0.1, 0.15) is 0 Å². The van der Waals surface area contributed by atoms with Gasteiger partial charge in [-0.3, -0.25) is 9.20 Å². The lowest BCUT2D eigenvalue weighted by Crippen LogP contribution is -2.31. The van der Waals surface area contributed by atoms with Crippen molar-refractivity contribution < 1.29 is 14.7 Å². The van der Waals surface area contributed by atoms with Crippen molar-refractivity contribution in [2.24, 2.45) is 5.73 Å². The fraction of sp³-hybridized carbons (Fsp3) is 0.222. The van der Waals surface area contributed by atoms with Crippen molar-refractivity contribution >= 4 is 34.0 Å². The molecule has 0 aliphatic heterocycles. The molecule has 2 rings (SSSR count). The van der Waals surface area contributed by atoms with E-state index in [9.17, 15) is 9.59 Å². The highest BCUT2D eigenvalue weighted by Gasteiger charge is 2.22. The lowest BCUT2D eigenvalue weighted by molar-refractivity contribution is -0.116. The number of hydrogen-bond donors (Lipinski definition) is 2. The minimum absolute atomic E-state index is 0.0324. The summed E-state index contributed by atoms with van der Waals surface area (Å²) in [6.07, 6.45) is 1.62. The number of anilines is 1. The van der Waals surface area contributed by atoms with E-state index in [-0.39, 0.29) is 18.1 Å². The van der Waals surface area contributed by atoms with Gasteiger partial charge in [-0.25, -0.2) is 9.78 Å². The molecule has 2 heterocycles. The molecule has 2 aromatic rings. The zero-order chi connectivity index (χ0) is 12.6. The maximum Gasteiger partial charge on any atom is 0.356 e. The Morgan fingerprint density at radius 1 is 1.65 bits per heavy atom. The van der Waals surface area contributed by atoms with E-state index in [0.717, 1.165) is 0 Å². The van der Waals surface area contributed by atoms with Crippen LogP contribution in [0, 0.1) is 0 Å². The second-order valence-corrected chi connectivity index (χ2v) is 4.34. The highest BCUT2D eigenvalue weighted by Crippen LogP contribution is 2.23. The number of imidazole rings is 1. The summed E-state index contributed by atoms with van der Waals surface area (Å²) in [4.78, 5) is 28.2. The molecule has 0 radical (unpaired) electrons. The first kappa shape index (κ1) is 11.4. The molecule has 90 valence electrons. The molecule has 2 aromatic heterocycles. The molecule has 1 amide bonds. The Labute approximate surface area is 100 Å². The first-order valence-corrected chi connectivity index (χ1v) is 5.57. The molecule has 0 fully saturated rings. The summed E-state index contributed by atoms with van der Waals surface area (Å²) in [7, 11) is 1.57. The number of nitrogens with zero attached hydrogens (tertiary/aromatic N) is 3. The number of thiazole rings is 1. The van der Waals surface area contributed by atoms with E-state index < -0.39 is 11.9 Å². The number of nitrogens with two attached hydrogens (primary N) is 1. The minimum atomic E-state index is -1.10. The van der Waals surface area contributed by atoms with Crippen LogP contribution in [0.3, 0.4) is 0 Å². The van der Waals surface area contributed by atoms with Crippen molar-refractivity contribution in [3.05, 3.63) is 17.3 Å². The van der Waals surface area contributed by atoms with Crippen LogP contribution in [0.2, 0.25) is 0 Å². The molecule has 3 N–H and O–H groups in total. The smallest absolute Gasteiger partial charge is 0.356 e. The number of hydrogen-bond acceptors (Lipinski definition) is 5. The predicted octanol–water partition coefficient (Wildman–Crippen LogP) is 0.0155. The summed E-state index contributed by atoms with van der Waals surface area (Å²) < 4.78 is 1.47. The normalized spacial score (nSPS) is 10.6. The van der Waals surface area contributed by atoms with Crippen LogP contribution in [0.15, 0.2) is 11.6 Å². The van der Waals surface area contributed by atoms with E-state index in [0.29, 0.717) is 4.96 Å². The quantitative estimate of drug-likeness (QED) is 0.800. The molecular weight excluding hydrogens is 244 g/mol. The number of carboxylic acid groups (broad SMARTS) is 1. The molecule has 0 aliphatic rings. The number of aromatic carboxylic acids is 1. The summed E-state index contributed by atoms with van der Waals surface area (Å²) >= 11 is 1.32. The summed E-state index contributed by atoms with van der Waals surface area (Å²) in [6, 6.07) is 0. The van der Waals surface area contributed by atoms with Gasteiger partial charge in [-0.05, 0) is 0 Å². The molecule has 8 heteroatoms. The number of primary amides is 1. The average molecular weight is 254 g/mol. The van der Waals surface area contributed by atoms with Crippen LogP contribution >= 0.6 is 11.3 Å². The zero-order valence-electron chi connectivity index (χ0n) is 8.95. The Kier molecular flexibility index (Phi) is 2.72. The minimum Gasteiger partial charge on any atom is -0.476 e. The summed E-state index contributed by atoms with van der Waals surface area (Å²) in [5.41, 5.74) is 5.10. The maximum atomic E-state index is 11.2. The molecule has 0 aliphatic carbocycles. The predicted molar refractivity (Wildman–Crippen MR) is 62.5 cm³/mol. The highest BCUT2D eigenvalue weighted by atomic mass is 32.1. The van der Waals surface area contributed by atoms with E-state index in [4.69, 9.17) is 10.8 Å². The Morgan fingerprint density at radius 3 is 2.94 bits per heavy atom. The Morgan fingerprint density at radius 2 is 2.35 bits per heavy atom. The SMILES string of the molecule is CN(CC(N)=O)c1nc2sccn2c1C(=O)O. The van der Waals surface area contributed by atoms with E-state index in [1.54, 1.807) is 18.6 Å². The standard InChI is InChI=1S/C9H10N4O3S/c1-12(4-5(10)14)7-6(8(15)16)13-2-3-17-9(13)11-7/h2-3H,4H2,1H3,(H2,10,14)(H,15,16). The van der Waals surface area contributed by atoms with Crippen LogP contribution in [-0.2, 0) is 4.79 Å². The molecular formula is C9H10N4O3S. The topological polar surface area (TPSA) is 101 Å². The molecule has 7 nitrogen and oxygen atoms in total. The van der Waals surface area contributed by atoms with Gasteiger partial charge in [0.15, 0.2) is 16.5 Å². The van der Waals surface area contributed by atoms with Gasteiger partial charge in [0.25, 0.3) is 0 Å². The van der Waals surface area contributed by atoms with Crippen molar-refractivity contribution in [2.75, 3.05) is 18.5 Å². The highest BCUT2D eigenvalue weighted by molar-refractivity contribution is 7.15. The van der Waals surface area contributed by atoms with Crippen molar-refractivity contribution in [1.82, 2.24) is 9.38 Å². The van der Waals surface area contributed by atoms with Crippen LogP contribution in [0.4, 0.5) is 5.82 Å². The van der Waals surface area contributed by atoms with Gasteiger partial charge in [0, 0.05) is 18.6 Å². The van der Waals surface area contributed by atoms with Gasteiger partial charge in [0.05, 0.1) is 6.54 Å². The van der Waals surface area contributed by atoms with E-state index in [1.165, 1.54) is 20.6 Å². The third-order valence-corrected chi connectivity index (χ3v) is 2.96. The molecule has 0 saturated heterocycles. The summed E-state index contributed by atoms with van der Waals surface area (Å²) in [5.74, 6) is -1.40. The number of amides is 1. The van der Waals surface area contributed by atoms with Crippen molar-refractivity contribution in [2.45, 2.75) is 0 Å². The van der Waals surface area contributed by atoms with E-state index >= 15 is 0 Å². The van der Waals surface area contributed by atoms with Gasteiger partial charge >= 0.3 is 5.97 Å². The maximum absolute atomic E-state index is 11.2. The molecule has 0 saturated carbocycles. The Bertz CT molecular complexity index is 588. The van der Waals surface area contributed by atoms with Gasteiger partial charge in [-0.15, -0.1) is 11.3 Å². The zero-order valence-corrected chi connectivity index (χ0v) is 9.77. The molecule has 0 spiro atoms. The fourth-order valence-electron chi connectivity index (χ4n) is 1.55. The third-order valence-electron chi connectivity index (χ3n) is 2.20. The summed E-state index contributed by atoms with van der Waals surface area (Å²) in [5, 5.41) is 10.9. The van der Waals surface area contributed by atoms with Crippen molar-refractivity contribution in [3.8, 4) is 0 Å². The fourth-order valence-corrected chi connectivity index (χ4v) is 2.26. The van der Waals surface area contributed by atoms with Gasteiger partial charge in [-0.1, -0.05) is 0 Å². The second-order valence-electron chi connectivity index (χ2n) is 3.47. The largest absolute Gasteiger partial charge is 0.476 e. The number of carbonyl (C=O) groups excluding carboxylic acids is 1. The number of rotatable bonds is 4. The number of carboxylic acids is 1. The first-order chi connectivity index (χ1) is 8.00. The average Bonchev–Trinajstić information content (AvgIpc) is 2.72. The van der Waals surface area contributed by atoms with Crippen LogP contribution in [0.5, 0.6) is 0 Å². The monoisotopic (exact) mass is 254 g/mol. The molecule has 17 heavy (non-hydrogen) atoms. The van der Waals surface area contributed by atoms with Crippen LogP contribution in [-0.4, -0.2) is 40.0 Å². The second kappa shape index (κ2) is 4.06. The molecule has 0 unspecified atom stereocenters. The van der Waals surface area contributed by atoms with Crippen molar-refractivity contribution in [1.29, 1.82) is 0 Å². The lowest BCUT2D eigenvalue weighted by Gasteiger charge is -2.14.